The molecule has 1 unspecified atom stereocenters. The van der Waals surface area contributed by atoms with E-state index in [0.717, 1.165) is 6.42 Å². The maximum atomic E-state index is 12.2. The molecule has 0 fully saturated rings. The third-order valence-electron chi connectivity index (χ3n) is 5.33. The van der Waals surface area contributed by atoms with E-state index in [1.54, 1.807) is 0 Å². The monoisotopic (exact) mass is 387 g/mol. The molecular weight excluding hydrogens is 365 g/mol. The molecule has 0 aromatic heterocycles. The second-order valence-electron chi connectivity index (χ2n) is 6.68. The summed E-state index contributed by atoms with van der Waals surface area (Å²) in [5.74, 6) is 0.308. The molecule has 123 valence electrons. The third-order valence-corrected chi connectivity index (χ3v) is 16.5. The van der Waals surface area contributed by atoms with Crippen molar-refractivity contribution in [2.45, 2.75) is 17.6 Å². The SMILES string of the molecule is [O]C1=C[CH]([Ge]([c]2ccccc2)([c]2ccccc2)[c]2ccccc2)CC1. The van der Waals surface area contributed by atoms with Crippen LogP contribution in [0.25, 0.3) is 0 Å². The molecule has 1 radical (unpaired) electrons. The Hall–Kier alpha value is -2.26. The minimum absolute atomic E-state index is 0.308. The summed E-state index contributed by atoms with van der Waals surface area (Å²) in [7, 11) is 0. The number of hydrogen-bond donors (Lipinski definition) is 0. The van der Waals surface area contributed by atoms with Crippen LogP contribution in [0.2, 0.25) is 4.75 Å². The summed E-state index contributed by atoms with van der Waals surface area (Å²) in [5.41, 5.74) is 0. The van der Waals surface area contributed by atoms with Gasteiger partial charge in [-0.3, -0.25) is 0 Å². The molecule has 25 heavy (non-hydrogen) atoms. The van der Waals surface area contributed by atoms with Gasteiger partial charge in [-0.05, 0) is 0 Å². The van der Waals surface area contributed by atoms with E-state index in [1.165, 1.54) is 13.2 Å². The molecule has 1 aliphatic rings. The quantitative estimate of drug-likeness (QED) is 0.611. The fourth-order valence-corrected chi connectivity index (χ4v) is 15.7. The van der Waals surface area contributed by atoms with Gasteiger partial charge in [0.25, 0.3) is 0 Å². The molecule has 0 heterocycles. The number of allylic oxidation sites excluding steroid dienone is 2. The topological polar surface area (TPSA) is 19.9 Å². The summed E-state index contributed by atoms with van der Waals surface area (Å²) < 4.78 is 4.63. The van der Waals surface area contributed by atoms with Gasteiger partial charge < -0.3 is 0 Å². The van der Waals surface area contributed by atoms with Crippen molar-refractivity contribution in [2.75, 3.05) is 0 Å². The average molecular weight is 386 g/mol. The summed E-state index contributed by atoms with van der Waals surface area (Å²) in [6.45, 7) is 0. The maximum absolute atomic E-state index is 12.2. The zero-order valence-electron chi connectivity index (χ0n) is 14.1. The zero-order valence-corrected chi connectivity index (χ0v) is 16.2. The van der Waals surface area contributed by atoms with Gasteiger partial charge in [-0.2, -0.15) is 0 Å². The van der Waals surface area contributed by atoms with E-state index >= 15 is 0 Å². The van der Waals surface area contributed by atoms with E-state index < -0.39 is 13.3 Å². The van der Waals surface area contributed by atoms with Crippen molar-refractivity contribution in [1.29, 1.82) is 0 Å². The normalized spacial score (nSPS) is 17.3. The Labute approximate surface area is 152 Å². The molecule has 0 amide bonds. The number of rotatable bonds is 4. The summed E-state index contributed by atoms with van der Waals surface area (Å²) in [6.07, 6.45) is 3.69. The Bertz CT molecular complexity index is 760. The number of benzene rings is 3. The van der Waals surface area contributed by atoms with E-state index in [4.69, 9.17) is 0 Å². The standard InChI is InChI=1S/C23H21GeO/c25-23-17-16-22(18-23)24(19-10-4-1-5-11-19,20-12-6-2-7-13-20)21-14-8-3-9-15-21/h1-15,18,22H,16-17H2. The third kappa shape index (κ3) is 2.83. The molecule has 0 spiro atoms. The molecule has 0 saturated heterocycles. The fraction of sp³-hybridized carbons (Fsp3) is 0.130. The molecule has 0 N–H and O–H groups in total. The van der Waals surface area contributed by atoms with Gasteiger partial charge in [-0.25, -0.2) is 0 Å². The van der Waals surface area contributed by atoms with Gasteiger partial charge in [0.1, 0.15) is 0 Å². The average Bonchev–Trinajstić information content (AvgIpc) is 3.12. The number of hydrogen-bond acceptors (Lipinski definition) is 0. The van der Waals surface area contributed by atoms with Crippen molar-refractivity contribution in [3.05, 3.63) is 103 Å². The van der Waals surface area contributed by atoms with Crippen LogP contribution in [0.3, 0.4) is 0 Å². The first kappa shape index (κ1) is 16.2. The van der Waals surface area contributed by atoms with Gasteiger partial charge in [0, 0.05) is 0 Å². The van der Waals surface area contributed by atoms with E-state index in [9.17, 15) is 5.11 Å². The second kappa shape index (κ2) is 6.93. The van der Waals surface area contributed by atoms with Gasteiger partial charge in [0.2, 0.25) is 0 Å². The van der Waals surface area contributed by atoms with Crippen LogP contribution in [0, 0.1) is 0 Å². The van der Waals surface area contributed by atoms with Crippen molar-refractivity contribution in [3.8, 4) is 0 Å². The van der Waals surface area contributed by atoms with Crippen molar-refractivity contribution >= 4 is 26.5 Å². The molecule has 0 aliphatic heterocycles. The molecule has 1 atom stereocenters. The van der Waals surface area contributed by atoms with Crippen LogP contribution in [0.5, 0.6) is 0 Å². The molecule has 2 heteroatoms. The molecule has 3 aromatic rings. The Morgan fingerprint density at radius 2 is 1.04 bits per heavy atom. The minimum atomic E-state index is -3.00. The molecule has 3 aromatic carbocycles. The first-order valence-corrected chi connectivity index (χ1v) is 13.2. The van der Waals surface area contributed by atoms with E-state index in [0.29, 0.717) is 16.9 Å². The van der Waals surface area contributed by atoms with Crippen LogP contribution in [0.4, 0.5) is 0 Å². The molecule has 4 rings (SSSR count). The summed E-state index contributed by atoms with van der Waals surface area (Å²) >= 11 is -3.00. The van der Waals surface area contributed by atoms with Crippen LogP contribution in [0.1, 0.15) is 12.8 Å². The first-order valence-electron chi connectivity index (χ1n) is 8.86. The molecule has 0 bridgehead atoms. The van der Waals surface area contributed by atoms with Gasteiger partial charge in [0.15, 0.2) is 0 Å². The van der Waals surface area contributed by atoms with E-state index in [2.05, 4.69) is 91.0 Å². The van der Waals surface area contributed by atoms with Crippen molar-refractivity contribution in [1.82, 2.24) is 0 Å². The predicted octanol–water partition coefficient (Wildman–Crippen LogP) is 3.64. The molecule has 1 nitrogen and oxygen atoms in total. The van der Waals surface area contributed by atoms with Gasteiger partial charge in [-0.15, -0.1) is 0 Å². The second-order valence-corrected chi connectivity index (χ2v) is 15.3. The zero-order chi connectivity index (χ0) is 17.1. The Morgan fingerprint density at radius 3 is 1.36 bits per heavy atom. The summed E-state index contributed by atoms with van der Waals surface area (Å²) in [4.78, 5) is 0. The van der Waals surface area contributed by atoms with Crippen LogP contribution < -0.4 is 13.2 Å². The Morgan fingerprint density at radius 1 is 0.640 bits per heavy atom. The van der Waals surface area contributed by atoms with Crippen molar-refractivity contribution in [2.24, 2.45) is 0 Å². The van der Waals surface area contributed by atoms with Crippen LogP contribution in [-0.2, 0) is 5.11 Å². The van der Waals surface area contributed by atoms with Gasteiger partial charge in [0.05, 0.1) is 0 Å². The summed E-state index contributed by atoms with van der Waals surface area (Å²) in [5, 5.41) is 12.2. The van der Waals surface area contributed by atoms with E-state index in [-0.39, 0.29) is 0 Å². The van der Waals surface area contributed by atoms with Crippen LogP contribution >= 0.6 is 0 Å². The van der Waals surface area contributed by atoms with Crippen LogP contribution in [0.15, 0.2) is 103 Å². The molecular formula is C23H21GeO. The van der Waals surface area contributed by atoms with Gasteiger partial charge in [-0.1, -0.05) is 0 Å². The van der Waals surface area contributed by atoms with Crippen molar-refractivity contribution in [3.63, 3.8) is 0 Å². The fourth-order valence-electron chi connectivity index (χ4n) is 4.28. The Kier molecular flexibility index (Phi) is 4.50. The summed E-state index contributed by atoms with van der Waals surface area (Å²) in [6, 6.07) is 32.7. The first-order chi connectivity index (χ1) is 12.3. The van der Waals surface area contributed by atoms with E-state index in [1.807, 2.05) is 6.08 Å². The van der Waals surface area contributed by atoms with Gasteiger partial charge >= 0.3 is 152 Å². The van der Waals surface area contributed by atoms with Crippen LogP contribution in [-0.4, -0.2) is 13.3 Å². The predicted molar refractivity (Wildman–Crippen MR) is 106 cm³/mol. The molecule has 0 saturated carbocycles. The van der Waals surface area contributed by atoms with Crippen molar-refractivity contribution < 1.29 is 5.11 Å². The Balaban J connectivity index is 2.05. The molecule has 1 aliphatic carbocycles.